The first kappa shape index (κ1) is 33.3. The summed E-state index contributed by atoms with van der Waals surface area (Å²) in [4.78, 5) is 49.3. The van der Waals surface area contributed by atoms with E-state index in [4.69, 9.17) is 17.2 Å². The molecule has 0 aliphatic rings. The lowest BCUT2D eigenvalue weighted by atomic mass is 10.1. The molecule has 39 heavy (non-hydrogen) atoms. The van der Waals surface area contributed by atoms with E-state index in [0.717, 1.165) is 37.1 Å². The van der Waals surface area contributed by atoms with E-state index in [0.29, 0.717) is 23.5 Å². The highest BCUT2D eigenvalue weighted by molar-refractivity contribution is 5.99. The molecule has 0 saturated heterocycles. The maximum absolute atomic E-state index is 12.9. The smallest absolute Gasteiger partial charge is 0.247 e. The van der Waals surface area contributed by atoms with Gasteiger partial charge in [0.05, 0.1) is 23.4 Å². The minimum atomic E-state index is -1.02. The van der Waals surface area contributed by atoms with E-state index < -0.39 is 23.9 Å². The molecule has 0 fully saturated rings. The zero-order valence-corrected chi connectivity index (χ0v) is 23.3. The highest BCUT2D eigenvalue weighted by atomic mass is 16.2. The van der Waals surface area contributed by atoms with Gasteiger partial charge in [-0.25, -0.2) is 4.98 Å². The summed E-state index contributed by atoms with van der Waals surface area (Å²) in [6.45, 7) is 9.11. The van der Waals surface area contributed by atoms with Crippen LogP contribution in [0, 0.1) is 6.92 Å². The number of fused-ring (bicyclic) bond motifs is 1. The van der Waals surface area contributed by atoms with Gasteiger partial charge in [-0.05, 0) is 26.1 Å². The molecule has 2 heterocycles. The second-order valence-corrected chi connectivity index (χ2v) is 8.55. The van der Waals surface area contributed by atoms with Crippen LogP contribution in [0.3, 0.4) is 0 Å². The normalized spacial score (nSPS) is 11.9. The van der Waals surface area contributed by atoms with E-state index in [-0.39, 0.29) is 12.8 Å². The first-order valence-electron chi connectivity index (χ1n) is 13.0. The number of carbonyl (C=O) groups excluding carboxylic acids is 3. The van der Waals surface area contributed by atoms with Crippen molar-refractivity contribution < 1.29 is 14.4 Å². The molecule has 0 radical (unpaired) electrons. The lowest BCUT2D eigenvalue weighted by molar-refractivity contribution is -0.128. The molecule has 0 aliphatic heterocycles. The van der Waals surface area contributed by atoms with Crippen molar-refractivity contribution in [3.8, 4) is 0 Å². The number of rotatable bonds is 12. The van der Waals surface area contributed by atoms with Gasteiger partial charge in [0, 0.05) is 56.3 Å². The van der Waals surface area contributed by atoms with Crippen molar-refractivity contribution in [2.75, 3.05) is 38.5 Å². The molecule has 214 valence electrons. The second kappa shape index (κ2) is 18.5. The third-order valence-corrected chi connectivity index (χ3v) is 5.38. The Morgan fingerprint density at radius 3 is 2.33 bits per heavy atom. The number of imidazole rings is 1. The summed E-state index contributed by atoms with van der Waals surface area (Å²) < 4.78 is 0. The Morgan fingerprint density at radius 2 is 1.74 bits per heavy atom. The number of nitrogens with one attached hydrogen (secondary N) is 3. The number of aromatic amines is 1. The number of likely N-dealkylation sites (N-methyl/N-ethyl adjacent to an activating group) is 1. The van der Waals surface area contributed by atoms with E-state index in [9.17, 15) is 14.4 Å². The van der Waals surface area contributed by atoms with E-state index in [1.165, 1.54) is 0 Å². The Kier molecular flexibility index (Phi) is 15.8. The molecular formula is C27H43N9O3. The Morgan fingerprint density at radius 1 is 1.08 bits per heavy atom. The van der Waals surface area contributed by atoms with Gasteiger partial charge in [-0.2, -0.15) is 0 Å². The Labute approximate surface area is 230 Å². The molecule has 12 heteroatoms. The Hall–Kier alpha value is -3.71. The van der Waals surface area contributed by atoms with E-state index in [1.807, 2.05) is 45.2 Å². The van der Waals surface area contributed by atoms with Crippen LogP contribution < -0.4 is 27.8 Å². The molecule has 1 aromatic carbocycles. The zero-order valence-electron chi connectivity index (χ0n) is 23.3. The van der Waals surface area contributed by atoms with Crippen molar-refractivity contribution in [1.29, 1.82) is 0 Å². The summed E-state index contributed by atoms with van der Waals surface area (Å²) in [7, 11) is 2.01. The van der Waals surface area contributed by atoms with Crippen LogP contribution in [0.1, 0.15) is 31.8 Å². The predicted molar refractivity (Wildman–Crippen MR) is 155 cm³/mol. The number of aldehydes is 1. The molecule has 0 bridgehead atoms. The standard InChI is InChI=1S/C20H22N6O3.C5H15N3.C2H6/c1-12-22-10-15(24-12)9-18(26-19(28)16(21)6-7-27)20(29)25-14-8-13-4-2-3-5-17(13)23-11-14;1-8(4-2-6)5-3-7;1-2/h2-5,7-8,10-11,16,18H,6,9,21H2,1H3,(H,22,24)(H,25,29)(H,26,28);2-7H2,1H3;1-2H3. The van der Waals surface area contributed by atoms with Crippen LogP contribution in [0.2, 0.25) is 0 Å². The van der Waals surface area contributed by atoms with Crippen molar-refractivity contribution in [2.45, 2.75) is 45.7 Å². The van der Waals surface area contributed by atoms with E-state index in [1.54, 1.807) is 25.4 Å². The SMILES string of the molecule is CC.CN(CCN)CCN.Cc1ncc(CC(NC(=O)C(N)CC=O)C(=O)Nc2cnc3ccccc3c2)[nH]1. The monoisotopic (exact) mass is 541 g/mol. The number of benzene rings is 1. The molecule has 0 aliphatic carbocycles. The Bertz CT molecular complexity index is 1150. The van der Waals surface area contributed by atoms with Gasteiger partial charge in [0.2, 0.25) is 11.8 Å². The number of H-pyrrole nitrogens is 1. The van der Waals surface area contributed by atoms with Crippen LogP contribution in [0.4, 0.5) is 5.69 Å². The molecule has 2 aromatic heterocycles. The van der Waals surface area contributed by atoms with Crippen LogP contribution in [-0.4, -0.2) is 83.3 Å². The van der Waals surface area contributed by atoms with Gasteiger partial charge in [-0.1, -0.05) is 32.0 Å². The Balaban J connectivity index is 0.000000654. The third-order valence-electron chi connectivity index (χ3n) is 5.38. The van der Waals surface area contributed by atoms with Gasteiger partial charge in [-0.3, -0.25) is 14.6 Å². The number of nitrogens with two attached hydrogens (primary N) is 3. The third kappa shape index (κ3) is 12.1. The number of para-hydroxylation sites is 1. The van der Waals surface area contributed by atoms with Gasteiger partial charge in [0.1, 0.15) is 18.2 Å². The number of hydrogen-bond donors (Lipinski definition) is 6. The van der Waals surface area contributed by atoms with Gasteiger partial charge >= 0.3 is 0 Å². The van der Waals surface area contributed by atoms with Crippen LogP contribution in [0.15, 0.2) is 42.7 Å². The maximum Gasteiger partial charge on any atom is 0.247 e. The first-order valence-corrected chi connectivity index (χ1v) is 13.0. The summed E-state index contributed by atoms with van der Waals surface area (Å²) >= 11 is 0. The lowest BCUT2D eigenvalue weighted by Crippen LogP contribution is -2.51. The highest BCUT2D eigenvalue weighted by Crippen LogP contribution is 2.16. The number of nitrogens with zero attached hydrogens (tertiary/aromatic N) is 3. The average Bonchev–Trinajstić information content (AvgIpc) is 3.34. The molecule has 2 atom stereocenters. The van der Waals surface area contributed by atoms with Crippen LogP contribution in [0.25, 0.3) is 10.9 Å². The van der Waals surface area contributed by atoms with Crippen LogP contribution in [-0.2, 0) is 20.8 Å². The molecule has 0 spiro atoms. The summed E-state index contributed by atoms with van der Waals surface area (Å²) in [6.07, 6.45) is 3.78. The topological polar surface area (TPSA) is 198 Å². The maximum atomic E-state index is 12.9. The van der Waals surface area contributed by atoms with Crippen LogP contribution in [0.5, 0.6) is 0 Å². The fourth-order valence-electron chi connectivity index (χ4n) is 3.42. The minimum absolute atomic E-state index is 0.127. The van der Waals surface area contributed by atoms with Crippen LogP contribution >= 0.6 is 0 Å². The van der Waals surface area contributed by atoms with Gasteiger partial charge in [0.15, 0.2) is 0 Å². The van der Waals surface area contributed by atoms with Crippen molar-refractivity contribution in [1.82, 2.24) is 25.2 Å². The molecule has 12 nitrogen and oxygen atoms in total. The average molecular weight is 542 g/mol. The number of amides is 2. The summed E-state index contributed by atoms with van der Waals surface area (Å²) in [5, 5.41) is 6.27. The lowest BCUT2D eigenvalue weighted by Gasteiger charge is -2.19. The van der Waals surface area contributed by atoms with Crippen molar-refractivity contribution in [3.05, 3.63) is 54.2 Å². The number of aryl methyl sites for hydroxylation is 1. The first-order chi connectivity index (χ1) is 18.8. The van der Waals surface area contributed by atoms with Gasteiger partial charge < -0.3 is 42.5 Å². The largest absolute Gasteiger partial charge is 0.346 e. The molecule has 2 unspecified atom stereocenters. The highest BCUT2D eigenvalue weighted by Gasteiger charge is 2.25. The molecule has 9 N–H and O–H groups in total. The van der Waals surface area contributed by atoms with Crippen molar-refractivity contribution in [3.63, 3.8) is 0 Å². The number of hydrogen-bond acceptors (Lipinski definition) is 9. The van der Waals surface area contributed by atoms with Crippen molar-refractivity contribution in [2.24, 2.45) is 17.2 Å². The van der Waals surface area contributed by atoms with E-state index >= 15 is 0 Å². The number of carbonyl (C=O) groups is 3. The van der Waals surface area contributed by atoms with Gasteiger partial charge in [-0.15, -0.1) is 0 Å². The summed E-state index contributed by atoms with van der Waals surface area (Å²) in [5.41, 5.74) is 18.2. The quantitative estimate of drug-likeness (QED) is 0.179. The molecule has 2 amide bonds. The minimum Gasteiger partial charge on any atom is -0.346 e. The molecule has 3 rings (SSSR count). The summed E-state index contributed by atoms with van der Waals surface area (Å²) in [6, 6.07) is 7.40. The second-order valence-electron chi connectivity index (χ2n) is 8.55. The fraction of sp³-hybridized carbons (Fsp3) is 0.444. The van der Waals surface area contributed by atoms with Crippen molar-refractivity contribution >= 4 is 34.7 Å². The molecule has 3 aromatic rings. The number of aromatic nitrogens is 3. The summed E-state index contributed by atoms with van der Waals surface area (Å²) in [5.74, 6) is -0.312. The predicted octanol–water partition coefficient (Wildman–Crippen LogP) is 0.710. The zero-order chi connectivity index (χ0) is 29.2. The van der Waals surface area contributed by atoms with E-state index in [2.05, 4.69) is 30.5 Å². The van der Waals surface area contributed by atoms with Gasteiger partial charge in [0.25, 0.3) is 0 Å². The fourth-order valence-corrected chi connectivity index (χ4v) is 3.42. The number of anilines is 1. The number of pyridine rings is 1. The molecular weight excluding hydrogens is 498 g/mol. The molecule has 0 saturated carbocycles.